The maximum Gasteiger partial charge on any atom is 0.249 e. The van der Waals surface area contributed by atoms with Crippen molar-refractivity contribution in [2.75, 3.05) is 0 Å². The predicted octanol–water partition coefficient (Wildman–Crippen LogP) is 3.59. The van der Waals surface area contributed by atoms with Crippen LogP contribution in [-0.4, -0.2) is 10.9 Å². The first-order chi connectivity index (χ1) is 9.15. The number of rotatable bonds is 2. The molecule has 3 aromatic rings. The van der Waals surface area contributed by atoms with Gasteiger partial charge in [-0.1, -0.05) is 29.8 Å². The van der Waals surface area contributed by atoms with Crippen LogP contribution in [0.4, 0.5) is 0 Å². The number of H-pyrrole nitrogens is 1. The molecule has 0 aliphatic carbocycles. The predicted molar refractivity (Wildman–Crippen MR) is 77.3 cm³/mol. The highest BCUT2D eigenvalue weighted by Crippen LogP contribution is 2.27. The number of nitrogens with two attached hydrogens (primary N) is 1. The molecule has 1 amide bonds. The van der Waals surface area contributed by atoms with E-state index in [1.54, 1.807) is 12.1 Å². The Morgan fingerprint density at radius 2 is 1.89 bits per heavy atom. The first kappa shape index (κ1) is 11.8. The Morgan fingerprint density at radius 3 is 2.63 bits per heavy atom. The van der Waals surface area contributed by atoms with Crippen LogP contribution in [0.15, 0.2) is 48.5 Å². The minimum absolute atomic E-state index is 0.428. The molecule has 0 radical (unpaired) electrons. The Kier molecular flexibility index (Phi) is 2.76. The van der Waals surface area contributed by atoms with Gasteiger partial charge in [-0.2, -0.15) is 0 Å². The molecular weight excluding hydrogens is 260 g/mol. The average Bonchev–Trinajstić information content (AvgIpc) is 2.82. The Bertz CT molecular complexity index is 777. The van der Waals surface area contributed by atoms with E-state index >= 15 is 0 Å². The first-order valence-electron chi connectivity index (χ1n) is 5.82. The second-order valence-corrected chi connectivity index (χ2v) is 4.76. The van der Waals surface area contributed by atoms with E-state index in [0.29, 0.717) is 10.6 Å². The van der Waals surface area contributed by atoms with Crippen molar-refractivity contribution in [3.63, 3.8) is 0 Å². The molecule has 0 atom stereocenters. The largest absolute Gasteiger partial charge is 0.366 e. The summed E-state index contributed by atoms with van der Waals surface area (Å²) >= 11 is 5.99. The van der Waals surface area contributed by atoms with Crippen molar-refractivity contribution in [3.05, 3.63) is 59.1 Å². The molecule has 2 aromatic carbocycles. The van der Waals surface area contributed by atoms with Gasteiger partial charge in [0.25, 0.3) is 0 Å². The third kappa shape index (κ3) is 2.09. The third-order valence-electron chi connectivity index (χ3n) is 3.07. The van der Waals surface area contributed by atoms with Crippen LogP contribution in [0.5, 0.6) is 0 Å². The lowest BCUT2D eigenvalue weighted by Crippen LogP contribution is -2.10. The molecule has 0 saturated carbocycles. The Balaban J connectivity index is 2.22. The normalized spacial score (nSPS) is 10.8. The summed E-state index contributed by atoms with van der Waals surface area (Å²) in [4.78, 5) is 14.7. The summed E-state index contributed by atoms with van der Waals surface area (Å²) in [5.41, 5.74) is 8.65. The zero-order valence-electron chi connectivity index (χ0n) is 9.98. The van der Waals surface area contributed by atoms with Gasteiger partial charge < -0.3 is 10.7 Å². The second-order valence-electron chi connectivity index (χ2n) is 4.32. The highest BCUT2D eigenvalue weighted by molar-refractivity contribution is 6.30. The molecular formula is C15H11ClN2O. The van der Waals surface area contributed by atoms with Gasteiger partial charge in [0.1, 0.15) is 0 Å². The molecule has 19 heavy (non-hydrogen) atoms. The van der Waals surface area contributed by atoms with Crippen LogP contribution in [0.1, 0.15) is 10.4 Å². The lowest BCUT2D eigenvalue weighted by molar-refractivity contribution is 0.100. The number of hydrogen-bond acceptors (Lipinski definition) is 1. The number of nitrogens with one attached hydrogen (secondary N) is 1. The number of amides is 1. The minimum atomic E-state index is -0.428. The molecule has 0 unspecified atom stereocenters. The van der Waals surface area contributed by atoms with Gasteiger partial charge in [0.15, 0.2) is 0 Å². The molecule has 3 rings (SSSR count). The fourth-order valence-corrected chi connectivity index (χ4v) is 2.37. The summed E-state index contributed by atoms with van der Waals surface area (Å²) in [7, 11) is 0. The second kappa shape index (κ2) is 4.44. The van der Waals surface area contributed by atoms with Crippen LogP contribution in [0, 0.1) is 0 Å². The SMILES string of the molecule is NC(=O)c1cccc2[nH]c(-c3cccc(Cl)c3)cc12. The van der Waals surface area contributed by atoms with E-state index in [1.807, 2.05) is 36.4 Å². The highest BCUT2D eigenvalue weighted by atomic mass is 35.5. The fourth-order valence-electron chi connectivity index (χ4n) is 2.18. The van der Waals surface area contributed by atoms with Crippen LogP contribution >= 0.6 is 11.6 Å². The molecule has 0 saturated heterocycles. The third-order valence-corrected chi connectivity index (χ3v) is 3.30. The lowest BCUT2D eigenvalue weighted by Gasteiger charge is -1.97. The van der Waals surface area contributed by atoms with E-state index in [1.165, 1.54) is 0 Å². The van der Waals surface area contributed by atoms with Gasteiger partial charge in [-0.05, 0) is 35.9 Å². The summed E-state index contributed by atoms with van der Waals surface area (Å²) < 4.78 is 0. The van der Waals surface area contributed by atoms with Gasteiger partial charge in [-0.25, -0.2) is 0 Å². The van der Waals surface area contributed by atoms with Crippen molar-refractivity contribution in [1.29, 1.82) is 0 Å². The summed E-state index contributed by atoms with van der Waals surface area (Å²) in [5, 5.41) is 1.50. The Hall–Kier alpha value is -2.26. The monoisotopic (exact) mass is 270 g/mol. The molecule has 1 aromatic heterocycles. The standard InChI is InChI=1S/C15H11ClN2O/c16-10-4-1-3-9(7-10)14-8-12-11(15(17)19)5-2-6-13(12)18-14/h1-8,18H,(H2,17,19). The number of aromatic amines is 1. The van der Waals surface area contributed by atoms with Crippen molar-refractivity contribution in [3.8, 4) is 11.3 Å². The van der Waals surface area contributed by atoms with E-state index < -0.39 is 5.91 Å². The molecule has 0 bridgehead atoms. The zero-order chi connectivity index (χ0) is 13.4. The molecule has 0 aliphatic heterocycles. The lowest BCUT2D eigenvalue weighted by atomic mass is 10.1. The van der Waals surface area contributed by atoms with E-state index in [4.69, 9.17) is 17.3 Å². The molecule has 3 nitrogen and oxygen atoms in total. The molecule has 3 N–H and O–H groups in total. The number of hydrogen-bond donors (Lipinski definition) is 2. The quantitative estimate of drug-likeness (QED) is 0.734. The van der Waals surface area contributed by atoms with E-state index in [0.717, 1.165) is 22.2 Å². The topological polar surface area (TPSA) is 58.9 Å². The van der Waals surface area contributed by atoms with Gasteiger partial charge in [-0.15, -0.1) is 0 Å². The average molecular weight is 271 g/mol. The number of primary amides is 1. The maximum absolute atomic E-state index is 11.4. The van der Waals surface area contributed by atoms with Crippen LogP contribution < -0.4 is 5.73 Å². The number of benzene rings is 2. The highest BCUT2D eigenvalue weighted by Gasteiger charge is 2.10. The number of fused-ring (bicyclic) bond motifs is 1. The smallest absolute Gasteiger partial charge is 0.249 e. The Morgan fingerprint density at radius 1 is 1.11 bits per heavy atom. The number of carbonyl (C=O) groups excluding carboxylic acids is 1. The van der Waals surface area contributed by atoms with Gasteiger partial charge in [0, 0.05) is 27.2 Å². The van der Waals surface area contributed by atoms with E-state index in [2.05, 4.69) is 4.98 Å². The van der Waals surface area contributed by atoms with Crippen molar-refractivity contribution in [1.82, 2.24) is 4.98 Å². The zero-order valence-corrected chi connectivity index (χ0v) is 10.7. The maximum atomic E-state index is 11.4. The summed E-state index contributed by atoms with van der Waals surface area (Å²) in [6, 6.07) is 14.9. The molecule has 1 heterocycles. The molecule has 4 heteroatoms. The number of halogens is 1. The van der Waals surface area contributed by atoms with Crippen LogP contribution in [0.2, 0.25) is 5.02 Å². The van der Waals surface area contributed by atoms with E-state index in [9.17, 15) is 4.79 Å². The van der Waals surface area contributed by atoms with Crippen molar-refractivity contribution < 1.29 is 4.79 Å². The van der Waals surface area contributed by atoms with Crippen LogP contribution in [0.25, 0.3) is 22.2 Å². The number of aromatic nitrogens is 1. The van der Waals surface area contributed by atoms with Crippen molar-refractivity contribution in [2.24, 2.45) is 5.73 Å². The van der Waals surface area contributed by atoms with E-state index in [-0.39, 0.29) is 0 Å². The van der Waals surface area contributed by atoms with Crippen molar-refractivity contribution >= 4 is 28.4 Å². The summed E-state index contributed by atoms with van der Waals surface area (Å²) in [6.07, 6.45) is 0. The minimum Gasteiger partial charge on any atom is -0.366 e. The van der Waals surface area contributed by atoms with Crippen LogP contribution in [0.3, 0.4) is 0 Å². The van der Waals surface area contributed by atoms with Gasteiger partial charge in [-0.3, -0.25) is 4.79 Å². The fraction of sp³-hybridized carbons (Fsp3) is 0. The summed E-state index contributed by atoms with van der Waals surface area (Å²) in [5.74, 6) is -0.428. The van der Waals surface area contributed by atoms with Crippen molar-refractivity contribution in [2.45, 2.75) is 0 Å². The molecule has 0 spiro atoms. The molecule has 94 valence electrons. The molecule has 0 fully saturated rings. The van der Waals surface area contributed by atoms with Gasteiger partial charge >= 0.3 is 0 Å². The molecule has 0 aliphatic rings. The van der Waals surface area contributed by atoms with Gasteiger partial charge in [0.2, 0.25) is 5.91 Å². The Labute approximate surface area is 115 Å². The first-order valence-corrected chi connectivity index (χ1v) is 6.20. The van der Waals surface area contributed by atoms with Gasteiger partial charge in [0.05, 0.1) is 0 Å². The van der Waals surface area contributed by atoms with Crippen LogP contribution in [-0.2, 0) is 0 Å². The summed E-state index contributed by atoms with van der Waals surface area (Å²) in [6.45, 7) is 0. The number of carbonyl (C=O) groups is 1.